The van der Waals surface area contributed by atoms with Gasteiger partial charge in [-0.2, -0.15) is 35.1 Å². The van der Waals surface area contributed by atoms with Crippen molar-refractivity contribution in [2.24, 2.45) is 11.8 Å². The Morgan fingerprint density at radius 1 is 0.941 bits per heavy atom. The van der Waals surface area contributed by atoms with Gasteiger partial charge >= 0.3 is 30.2 Å². The minimum absolute atomic E-state index is 0.0138. The summed E-state index contributed by atoms with van der Waals surface area (Å²) >= 11 is 0. The zero-order valence-corrected chi connectivity index (χ0v) is 18.3. The van der Waals surface area contributed by atoms with Crippen LogP contribution < -0.4 is 0 Å². The number of rotatable bonds is 7. The number of halogens is 8. The van der Waals surface area contributed by atoms with Crippen LogP contribution in [0.25, 0.3) is 0 Å². The van der Waals surface area contributed by atoms with E-state index in [1.807, 2.05) is 0 Å². The van der Waals surface area contributed by atoms with Crippen molar-refractivity contribution in [2.75, 3.05) is 0 Å². The van der Waals surface area contributed by atoms with Crippen molar-refractivity contribution in [1.82, 2.24) is 0 Å². The Bertz CT molecular complexity index is 835. The fourth-order valence-corrected chi connectivity index (χ4v) is 5.77. The molecule has 0 saturated heterocycles. The lowest BCUT2D eigenvalue weighted by Gasteiger charge is -2.61. The quantitative estimate of drug-likeness (QED) is 0.266. The van der Waals surface area contributed by atoms with Gasteiger partial charge in [0.25, 0.3) is 6.10 Å². The van der Waals surface area contributed by atoms with Crippen molar-refractivity contribution in [3.63, 3.8) is 0 Å². The maximum Gasteiger partial charge on any atom is 0.457 e. The van der Waals surface area contributed by atoms with Crippen LogP contribution in [0.5, 0.6) is 0 Å². The highest BCUT2D eigenvalue weighted by Gasteiger charge is 2.72. The van der Waals surface area contributed by atoms with E-state index in [1.54, 1.807) is 0 Å². The molecular weight excluding hydrogens is 484 g/mol. The molecule has 4 bridgehead atoms. The summed E-state index contributed by atoms with van der Waals surface area (Å²) in [4.78, 5) is 24.3. The maximum absolute atomic E-state index is 13.5. The third-order valence-electron chi connectivity index (χ3n) is 6.61. The SMILES string of the molecule is C=C(C)C(=O)OC12CC3CC(C1)CC(OC(C)C(=O)OC(C(F)(F)F)C(F)(F)C(F)(F)F)(C3)C2. The van der Waals surface area contributed by atoms with Crippen LogP contribution in [0.4, 0.5) is 35.1 Å². The predicted octanol–water partition coefficient (Wildman–Crippen LogP) is 5.27. The van der Waals surface area contributed by atoms with E-state index in [2.05, 4.69) is 11.3 Å². The van der Waals surface area contributed by atoms with Gasteiger partial charge in [0.2, 0.25) is 0 Å². The number of carbonyl (C=O) groups is 2. The minimum Gasteiger partial charge on any atom is -0.456 e. The van der Waals surface area contributed by atoms with E-state index in [4.69, 9.17) is 9.47 Å². The van der Waals surface area contributed by atoms with Crippen LogP contribution in [0.2, 0.25) is 0 Å². The molecule has 0 aromatic rings. The van der Waals surface area contributed by atoms with Crippen LogP contribution >= 0.6 is 0 Å². The fraction of sp³-hybridized carbons (Fsp3) is 0.810. The molecular formula is C21H24F8O5. The first-order chi connectivity index (χ1) is 15.3. The van der Waals surface area contributed by atoms with Gasteiger partial charge < -0.3 is 14.2 Å². The largest absolute Gasteiger partial charge is 0.457 e. The number of carbonyl (C=O) groups excluding carboxylic acids is 2. The molecule has 0 radical (unpaired) electrons. The third-order valence-corrected chi connectivity index (χ3v) is 6.61. The van der Waals surface area contributed by atoms with Gasteiger partial charge in [0, 0.05) is 12.0 Å². The molecule has 4 saturated carbocycles. The smallest absolute Gasteiger partial charge is 0.456 e. The molecule has 4 aliphatic carbocycles. The van der Waals surface area contributed by atoms with Crippen LogP contribution in [0.3, 0.4) is 0 Å². The first-order valence-corrected chi connectivity index (χ1v) is 10.6. The molecule has 34 heavy (non-hydrogen) atoms. The summed E-state index contributed by atoms with van der Waals surface area (Å²) in [5.41, 5.74) is -1.91. The molecule has 4 fully saturated rings. The Hall–Kier alpha value is -1.92. The van der Waals surface area contributed by atoms with Crippen LogP contribution in [0, 0.1) is 11.8 Å². The summed E-state index contributed by atoms with van der Waals surface area (Å²) in [6.07, 6.45) is -16.7. The minimum atomic E-state index is -6.60. The number of esters is 2. The average molecular weight is 508 g/mol. The Kier molecular flexibility index (Phi) is 6.54. The summed E-state index contributed by atoms with van der Waals surface area (Å²) in [5.74, 6) is -8.97. The van der Waals surface area contributed by atoms with Crippen molar-refractivity contribution in [3.8, 4) is 0 Å². The lowest BCUT2D eigenvalue weighted by molar-refractivity contribution is -0.361. The second kappa shape index (κ2) is 8.34. The normalized spacial score (nSPS) is 32.8. The van der Waals surface area contributed by atoms with Crippen molar-refractivity contribution < 1.29 is 58.9 Å². The van der Waals surface area contributed by atoms with Crippen LogP contribution in [0.1, 0.15) is 52.4 Å². The summed E-state index contributed by atoms with van der Waals surface area (Å²) in [6, 6.07) is 0. The van der Waals surface area contributed by atoms with E-state index < -0.39 is 53.6 Å². The number of hydrogen-bond acceptors (Lipinski definition) is 5. The summed E-state index contributed by atoms with van der Waals surface area (Å²) in [5, 5.41) is 0. The molecule has 4 atom stereocenters. The second-order valence-corrected chi connectivity index (χ2v) is 9.74. The van der Waals surface area contributed by atoms with Crippen LogP contribution in [-0.2, 0) is 23.8 Å². The molecule has 13 heteroatoms. The molecule has 0 heterocycles. The molecule has 0 amide bonds. The molecule has 4 aliphatic rings. The van der Waals surface area contributed by atoms with Crippen molar-refractivity contribution in [1.29, 1.82) is 0 Å². The van der Waals surface area contributed by atoms with Crippen molar-refractivity contribution >= 4 is 11.9 Å². The van der Waals surface area contributed by atoms with Gasteiger partial charge in [-0.3, -0.25) is 0 Å². The van der Waals surface area contributed by atoms with Crippen molar-refractivity contribution in [3.05, 3.63) is 12.2 Å². The molecule has 5 nitrogen and oxygen atoms in total. The number of ether oxygens (including phenoxy) is 3. The Labute approximate surface area is 189 Å². The fourth-order valence-electron chi connectivity index (χ4n) is 5.77. The molecule has 0 aliphatic heterocycles. The molecule has 0 N–H and O–H groups in total. The number of hydrogen-bond donors (Lipinski definition) is 0. The van der Waals surface area contributed by atoms with E-state index in [-0.39, 0.29) is 23.8 Å². The van der Waals surface area contributed by atoms with Crippen LogP contribution in [-0.4, -0.2) is 53.6 Å². The summed E-state index contributed by atoms with van der Waals surface area (Å²) in [7, 11) is 0. The summed E-state index contributed by atoms with van der Waals surface area (Å²) in [6.45, 7) is 5.91. The van der Waals surface area contributed by atoms with Gasteiger partial charge in [-0.15, -0.1) is 0 Å². The Morgan fingerprint density at radius 2 is 1.44 bits per heavy atom. The van der Waals surface area contributed by atoms with E-state index in [0.29, 0.717) is 25.7 Å². The molecule has 194 valence electrons. The van der Waals surface area contributed by atoms with Gasteiger partial charge in [-0.25, -0.2) is 9.59 Å². The predicted molar refractivity (Wildman–Crippen MR) is 98.5 cm³/mol. The zero-order chi connectivity index (χ0) is 25.9. The molecule has 4 unspecified atom stereocenters. The van der Waals surface area contributed by atoms with Crippen LogP contribution in [0.15, 0.2) is 12.2 Å². The average Bonchev–Trinajstić information content (AvgIpc) is 2.61. The van der Waals surface area contributed by atoms with E-state index in [1.165, 1.54) is 6.92 Å². The highest BCUT2D eigenvalue weighted by atomic mass is 19.4. The van der Waals surface area contributed by atoms with E-state index in [0.717, 1.165) is 13.3 Å². The first-order valence-electron chi connectivity index (χ1n) is 10.6. The first kappa shape index (κ1) is 26.7. The monoisotopic (exact) mass is 508 g/mol. The maximum atomic E-state index is 13.5. The Balaban J connectivity index is 1.76. The van der Waals surface area contributed by atoms with Gasteiger partial charge in [0.15, 0.2) is 6.10 Å². The number of alkyl halides is 8. The topological polar surface area (TPSA) is 61.8 Å². The third kappa shape index (κ3) is 5.03. The molecule has 0 spiro atoms. The van der Waals surface area contributed by atoms with E-state index >= 15 is 0 Å². The van der Waals surface area contributed by atoms with Gasteiger partial charge in [-0.05, 0) is 57.8 Å². The molecule has 0 aromatic carbocycles. The lowest BCUT2D eigenvalue weighted by atomic mass is 9.52. The lowest BCUT2D eigenvalue weighted by Crippen LogP contribution is -2.62. The van der Waals surface area contributed by atoms with Crippen molar-refractivity contribution in [2.45, 2.75) is 94.1 Å². The second-order valence-electron chi connectivity index (χ2n) is 9.74. The van der Waals surface area contributed by atoms with E-state index in [9.17, 15) is 44.7 Å². The zero-order valence-electron chi connectivity index (χ0n) is 18.3. The van der Waals surface area contributed by atoms with Gasteiger partial charge in [0.05, 0.1) is 5.60 Å². The Morgan fingerprint density at radius 3 is 1.88 bits per heavy atom. The van der Waals surface area contributed by atoms with Gasteiger partial charge in [-0.1, -0.05) is 6.58 Å². The highest BCUT2D eigenvalue weighted by molar-refractivity contribution is 5.87. The molecule has 0 aromatic heterocycles. The highest BCUT2D eigenvalue weighted by Crippen LogP contribution is 2.60. The standard InChI is InChI=1S/C21H24F8O5/c1-10(2)14(30)34-18-7-12-4-13(8-18)6-17(5-12,9-18)33-11(3)15(31)32-16(20(24,25)26)19(22,23)21(27,28)29/h11-13,16H,1,4-9H2,2-3H3. The summed E-state index contributed by atoms with van der Waals surface area (Å²) < 4.78 is 118. The molecule has 4 rings (SSSR count). The van der Waals surface area contributed by atoms with Gasteiger partial charge in [0.1, 0.15) is 5.60 Å².